The second-order valence-corrected chi connectivity index (χ2v) is 7.92. The van der Waals surface area contributed by atoms with E-state index in [1.807, 2.05) is 4.90 Å². The van der Waals surface area contributed by atoms with Gasteiger partial charge in [0.25, 0.3) is 5.56 Å². The lowest BCUT2D eigenvalue weighted by molar-refractivity contribution is 0.589. The minimum absolute atomic E-state index is 0.0788. The molecular formula is C24H20F3N5O. The first-order chi connectivity index (χ1) is 15.9. The van der Waals surface area contributed by atoms with Crippen LogP contribution in [0.3, 0.4) is 0 Å². The maximum atomic E-state index is 14.3. The van der Waals surface area contributed by atoms with Crippen LogP contribution < -0.4 is 15.4 Å². The molecule has 33 heavy (non-hydrogen) atoms. The van der Waals surface area contributed by atoms with Crippen LogP contribution in [0, 0.1) is 17.5 Å². The molecule has 4 aromatic rings. The van der Waals surface area contributed by atoms with Gasteiger partial charge in [0.05, 0.1) is 11.1 Å². The second-order valence-electron chi connectivity index (χ2n) is 7.92. The van der Waals surface area contributed by atoms with Gasteiger partial charge in [0.2, 0.25) is 5.95 Å². The van der Waals surface area contributed by atoms with Crippen LogP contribution in [0.2, 0.25) is 0 Å². The number of fused-ring (bicyclic) bond motifs is 1. The number of hydrogen-bond donors (Lipinski definition) is 0. The summed E-state index contributed by atoms with van der Waals surface area (Å²) in [5, 5.41) is 0.503. The Morgan fingerprint density at radius 1 is 0.879 bits per heavy atom. The van der Waals surface area contributed by atoms with E-state index < -0.39 is 17.2 Å². The minimum Gasteiger partial charge on any atom is -0.368 e. The normalized spacial score (nSPS) is 14.2. The van der Waals surface area contributed by atoms with Crippen molar-refractivity contribution in [3.05, 3.63) is 82.5 Å². The predicted octanol–water partition coefficient (Wildman–Crippen LogP) is 3.74. The molecule has 1 saturated heterocycles. The van der Waals surface area contributed by atoms with Gasteiger partial charge in [0.15, 0.2) is 0 Å². The quantitative estimate of drug-likeness (QED) is 0.475. The summed E-state index contributed by atoms with van der Waals surface area (Å²) in [5.41, 5.74) is 0.348. The van der Waals surface area contributed by atoms with E-state index >= 15 is 0 Å². The van der Waals surface area contributed by atoms with Gasteiger partial charge in [-0.05, 0) is 42.5 Å². The third-order valence-corrected chi connectivity index (χ3v) is 5.92. The fourth-order valence-electron chi connectivity index (χ4n) is 4.14. The van der Waals surface area contributed by atoms with Gasteiger partial charge in [0.1, 0.15) is 23.1 Å². The Morgan fingerprint density at radius 2 is 1.52 bits per heavy atom. The molecule has 3 heterocycles. The van der Waals surface area contributed by atoms with Gasteiger partial charge in [-0.1, -0.05) is 6.07 Å². The van der Waals surface area contributed by atoms with Crippen molar-refractivity contribution in [2.75, 3.05) is 36.0 Å². The average Bonchev–Trinajstić information content (AvgIpc) is 2.82. The first-order valence-electron chi connectivity index (χ1n) is 10.5. The molecule has 0 N–H and O–H groups in total. The highest BCUT2D eigenvalue weighted by Crippen LogP contribution is 2.26. The lowest BCUT2D eigenvalue weighted by Crippen LogP contribution is -2.47. The van der Waals surface area contributed by atoms with Crippen LogP contribution in [0.5, 0.6) is 0 Å². The number of piperazine rings is 1. The first kappa shape index (κ1) is 21.0. The van der Waals surface area contributed by atoms with Crippen molar-refractivity contribution in [1.82, 2.24) is 14.5 Å². The molecule has 6 nitrogen and oxygen atoms in total. The molecule has 0 atom stereocenters. The number of anilines is 2. The summed E-state index contributed by atoms with van der Waals surface area (Å²) in [6.45, 7) is 2.71. The van der Waals surface area contributed by atoms with Crippen LogP contribution in [0.1, 0.15) is 0 Å². The Balaban J connectivity index is 1.44. The van der Waals surface area contributed by atoms with Gasteiger partial charge in [-0.3, -0.25) is 9.36 Å². The molecule has 0 unspecified atom stereocenters. The third kappa shape index (κ3) is 3.79. The number of pyridine rings is 1. The van der Waals surface area contributed by atoms with Gasteiger partial charge >= 0.3 is 0 Å². The SMILES string of the molecule is Cn1c(=O)c(-c2c(F)cccc2F)cc2cnc(N3CCN(c4ccc(F)cc4)CC3)nc21. The van der Waals surface area contributed by atoms with Crippen molar-refractivity contribution in [3.63, 3.8) is 0 Å². The highest BCUT2D eigenvalue weighted by Gasteiger charge is 2.21. The Bertz CT molecular complexity index is 1380. The number of rotatable bonds is 3. The van der Waals surface area contributed by atoms with Crippen LogP contribution in [-0.4, -0.2) is 40.7 Å². The largest absolute Gasteiger partial charge is 0.368 e. The van der Waals surface area contributed by atoms with Crippen LogP contribution in [-0.2, 0) is 7.05 Å². The molecule has 168 valence electrons. The van der Waals surface area contributed by atoms with Crippen LogP contribution >= 0.6 is 0 Å². The molecule has 1 fully saturated rings. The van der Waals surface area contributed by atoms with Gasteiger partial charge in [-0.2, -0.15) is 4.98 Å². The highest BCUT2D eigenvalue weighted by molar-refractivity contribution is 5.81. The van der Waals surface area contributed by atoms with Gasteiger partial charge < -0.3 is 9.80 Å². The molecule has 0 bridgehead atoms. The van der Waals surface area contributed by atoms with Crippen molar-refractivity contribution in [2.24, 2.45) is 7.05 Å². The molecule has 0 saturated carbocycles. The van der Waals surface area contributed by atoms with E-state index in [4.69, 9.17) is 0 Å². The summed E-state index contributed by atoms with van der Waals surface area (Å²) in [7, 11) is 1.52. The molecule has 0 radical (unpaired) electrons. The lowest BCUT2D eigenvalue weighted by atomic mass is 10.0. The Morgan fingerprint density at radius 3 is 2.18 bits per heavy atom. The molecule has 2 aromatic carbocycles. The topological polar surface area (TPSA) is 54.3 Å². The first-order valence-corrected chi connectivity index (χ1v) is 10.5. The van der Waals surface area contributed by atoms with Crippen LogP contribution in [0.15, 0.2) is 59.5 Å². The summed E-state index contributed by atoms with van der Waals surface area (Å²) in [4.78, 5) is 26.1. The van der Waals surface area contributed by atoms with E-state index in [0.29, 0.717) is 43.2 Å². The number of hydrogen-bond acceptors (Lipinski definition) is 5. The molecule has 9 heteroatoms. The van der Waals surface area contributed by atoms with E-state index in [9.17, 15) is 18.0 Å². The third-order valence-electron chi connectivity index (χ3n) is 5.92. The number of benzene rings is 2. The van der Waals surface area contributed by atoms with E-state index in [0.717, 1.165) is 17.8 Å². The summed E-state index contributed by atoms with van der Waals surface area (Å²) < 4.78 is 43.0. The average molecular weight is 451 g/mol. The zero-order valence-corrected chi connectivity index (χ0v) is 17.8. The smallest absolute Gasteiger partial charge is 0.260 e. The van der Waals surface area contributed by atoms with Crippen LogP contribution in [0.4, 0.5) is 24.8 Å². The monoisotopic (exact) mass is 451 g/mol. The van der Waals surface area contributed by atoms with E-state index in [-0.39, 0.29) is 16.9 Å². The maximum absolute atomic E-state index is 14.3. The highest BCUT2D eigenvalue weighted by atomic mass is 19.1. The van der Waals surface area contributed by atoms with Gasteiger partial charge in [-0.25, -0.2) is 18.2 Å². The Labute approximate surface area is 187 Å². The number of halogens is 3. The lowest BCUT2D eigenvalue weighted by Gasteiger charge is -2.36. The van der Waals surface area contributed by atoms with Crippen molar-refractivity contribution < 1.29 is 13.2 Å². The minimum atomic E-state index is -0.803. The van der Waals surface area contributed by atoms with Crippen molar-refractivity contribution in [3.8, 4) is 11.1 Å². The fraction of sp³-hybridized carbons (Fsp3) is 0.208. The van der Waals surface area contributed by atoms with Gasteiger partial charge in [-0.15, -0.1) is 0 Å². The van der Waals surface area contributed by atoms with Crippen molar-refractivity contribution in [1.29, 1.82) is 0 Å². The zero-order chi connectivity index (χ0) is 23.1. The summed E-state index contributed by atoms with van der Waals surface area (Å²) in [6.07, 6.45) is 1.56. The number of nitrogens with zero attached hydrogens (tertiary/aromatic N) is 5. The van der Waals surface area contributed by atoms with E-state index in [1.165, 1.54) is 35.9 Å². The van der Waals surface area contributed by atoms with Crippen molar-refractivity contribution in [2.45, 2.75) is 0 Å². The van der Waals surface area contributed by atoms with Crippen LogP contribution in [0.25, 0.3) is 22.2 Å². The standard InChI is InChI=1S/C24H20F3N5O/c1-30-22-15(13-18(23(30)33)21-19(26)3-2-4-20(21)27)14-28-24(29-22)32-11-9-31(10-12-32)17-7-5-16(25)6-8-17/h2-8,13-14H,9-12H2,1H3. The maximum Gasteiger partial charge on any atom is 0.260 e. The molecule has 5 rings (SSSR count). The van der Waals surface area contributed by atoms with Gasteiger partial charge in [0, 0.05) is 50.5 Å². The molecule has 0 aliphatic carbocycles. The summed E-state index contributed by atoms with van der Waals surface area (Å²) >= 11 is 0. The Kier molecular flexibility index (Phi) is 5.24. The molecule has 0 amide bonds. The molecule has 1 aliphatic heterocycles. The molecular weight excluding hydrogens is 431 g/mol. The molecule has 2 aromatic heterocycles. The number of aryl methyl sites for hydroxylation is 1. The predicted molar refractivity (Wildman–Crippen MR) is 121 cm³/mol. The number of aromatic nitrogens is 3. The summed E-state index contributed by atoms with van der Waals surface area (Å²) in [5.74, 6) is -1.40. The zero-order valence-electron chi connectivity index (χ0n) is 17.8. The second kappa shape index (κ2) is 8.23. The summed E-state index contributed by atoms with van der Waals surface area (Å²) in [6, 6.07) is 11.3. The van der Waals surface area contributed by atoms with E-state index in [2.05, 4.69) is 14.9 Å². The van der Waals surface area contributed by atoms with E-state index in [1.54, 1.807) is 18.3 Å². The molecule has 0 spiro atoms. The Hall–Kier alpha value is -3.88. The fourth-order valence-corrected chi connectivity index (χ4v) is 4.14. The van der Waals surface area contributed by atoms with Crippen molar-refractivity contribution >= 4 is 22.7 Å². The molecule has 1 aliphatic rings.